The number of benzene rings is 1. The van der Waals surface area contributed by atoms with Crippen molar-refractivity contribution in [1.82, 2.24) is 20.0 Å². The van der Waals surface area contributed by atoms with Gasteiger partial charge in [-0.05, 0) is 43.4 Å². The summed E-state index contributed by atoms with van der Waals surface area (Å²) in [6, 6.07) is 4.07. The highest BCUT2D eigenvalue weighted by Crippen LogP contribution is 2.39. The summed E-state index contributed by atoms with van der Waals surface area (Å²) in [5.41, 5.74) is 1.77. The van der Waals surface area contributed by atoms with Gasteiger partial charge in [0.25, 0.3) is 5.91 Å². The Balaban J connectivity index is 1.50. The van der Waals surface area contributed by atoms with E-state index in [0.717, 1.165) is 19.4 Å². The van der Waals surface area contributed by atoms with Gasteiger partial charge in [-0.1, -0.05) is 43.1 Å². The van der Waals surface area contributed by atoms with Crippen molar-refractivity contribution in [3.8, 4) is 0 Å². The van der Waals surface area contributed by atoms with E-state index in [2.05, 4.69) is 19.2 Å². The van der Waals surface area contributed by atoms with Crippen LogP contribution in [0.15, 0.2) is 29.5 Å². The van der Waals surface area contributed by atoms with Crippen LogP contribution >= 0.6 is 23.2 Å². The molecule has 4 amide bonds. The molecular formula is C26H34Cl2N4O4. The number of hydrogen-bond donors (Lipinski definition) is 1. The van der Waals surface area contributed by atoms with E-state index in [-0.39, 0.29) is 43.5 Å². The van der Waals surface area contributed by atoms with Gasteiger partial charge in [-0.2, -0.15) is 0 Å². The minimum atomic E-state index is -0.676. The highest BCUT2D eigenvalue weighted by molar-refractivity contribution is 6.35. The third-order valence-electron chi connectivity index (χ3n) is 6.87. The number of hydrogen-bond acceptors (Lipinski definition) is 4. The number of urea groups is 1. The molecule has 0 aliphatic carbocycles. The van der Waals surface area contributed by atoms with Crippen LogP contribution in [0.1, 0.15) is 51.6 Å². The van der Waals surface area contributed by atoms with Gasteiger partial charge in [0.1, 0.15) is 0 Å². The van der Waals surface area contributed by atoms with Crippen molar-refractivity contribution in [3.63, 3.8) is 0 Å². The van der Waals surface area contributed by atoms with Gasteiger partial charge in [-0.25, -0.2) is 4.79 Å². The molecule has 0 bridgehead atoms. The van der Waals surface area contributed by atoms with E-state index in [4.69, 9.17) is 27.9 Å². The lowest BCUT2D eigenvalue weighted by Crippen LogP contribution is -2.47. The van der Waals surface area contributed by atoms with Crippen molar-refractivity contribution < 1.29 is 19.1 Å². The average molecular weight is 537 g/mol. The number of likely N-dealkylation sites (N-methyl/N-ethyl adjacent to an activating group) is 1. The molecule has 0 aromatic heterocycles. The summed E-state index contributed by atoms with van der Waals surface area (Å²) in [6.45, 7) is 9.00. The van der Waals surface area contributed by atoms with E-state index in [1.165, 1.54) is 0 Å². The van der Waals surface area contributed by atoms with Crippen molar-refractivity contribution >= 4 is 41.0 Å². The summed E-state index contributed by atoms with van der Waals surface area (Å²) >= 11 is 12.5. The molecule has 1 aromatic rings. The second-order valence-corrected chi connectivity index (χ2v) is 10.8. The number of carbonyl (C=O) groups excluding carboxylic acids is 3. The number of ether oxygens (including phenoxy) is 1. The Labute approximate surface area is 222 Å². The van der Waals surface area contributed by atoms with E-state index < -0.39 is 6.04 Å². The van der Waals surface area contributed by atoms with Crippen molar-refractivity contribution in [2.24, 2.45) is 5.92 Å². The van der Waals surface area contributed by atoms with Crippen LogP contribution in [0, 0.1) is 5.92 Å². The lowest BCUT2D eigenvalue weighted by molar-refractivity contribution is -0.134. The maximum atomic E-state index is 13.6. The fraction of sp³-hybridized carbons (Fsp3) is 0.577. The molecule has 8 nitrogen and oxygen atoms in total. The zero-order valence-electron chi connectivity index (χ0n) is 21.1. The fourth-order valence-corrected chi connectivity index (χ4v) is 5.69. The zero-order valence-corrected chi connectivity index (χ0v) is 22.6. The normalized spacial score (nSPS) is 21.9. The maximum Gasteiger partial charge on any atom is 0.322 e. The molecule has 0 saturated carbocycles. The first kappa shape index (κ1) is 26.8. The highest BCUT2D eigenvalue weighted by Gasteiger charge is 2.44. The van der Waals surface area contributed by atoms with Gasteiger partial charge in [0.05, 0.1) is 30.0 Å². The first-order valence-electron chi connectivity index (χ1n) is 12.6. The molecule has 1 aromatic carbocycles. The number of nitrogens with zero attached hydrogens (tertiary/aromatic N) is 3. The molecule has 1 N–H and O–H groups in total. The summed E-state index contributed by atoms with van der Waals surface area (Å²) < 4.78 is 5.75. The van der Waals surface area contributed by atoms with E-state index >= 15 is 0 Å². The molecule has 2 atom stereocenters. The van der Waals surface area contributed by atoms with Gasteiger partial charge in [-0.15, -0.1) is 0 Å². The van der Waals surface area contributed by atoms with E-state index in [0.29, 0.717) is 52.4 Å². The third-order valence-corrected chi connectivity index (χ3v) is 7.43. The van der Waals surface area contributed by atoms with E-state index in [1.54, 1.807) is 28.0 Å². The molecule has 3 aliphatic rings. The lowest BCUT2D eigenvalue weighted by Gasteiger charge is -2.33. The predicted molar refractivity (Wildman–Crippen MR) is 139 cm³/mol. The number of halogens is 2. The Kier molecular flexibility index (Phi) is 8.48. The Bertz CT molecular complexity index is 1050. The minimum absolute atomic E-state index is 0.00992. The first-order valence-corrected chi connectivity index (χ1v) is 13.4. The van der Waals surface area contributed by atoms with E-state index in [1.807, 2.05) is 11.8 Å². The molecule has 3 heterocycles. The standard InChI is InChI=1S/C26H34Cl2N4O4/c1-4-32-21-15-30(10-9-22(33)31(13-16(2)3)14-18-6-5-11-36-18)25(34)23(21)24(29-26(32)35)19-8-7-17(27)12-20(19)28/h7-8,12,16,18,24H,4-6,9-11,13-15H2,1-3H3,(H,29,35)/t18-,24-/m1/s1. The summed E-state index contributed by atoms with van der Waals surface area (Å²) in [6.07, 6.45) is 2.28. The van der Waals surface area contributed by atoms with Crippen molar-refractivity contribution in [3.05, 3.63) is 45.1 Å². The molecule has 1 fully saturated rings. The van der Waals surface area contributed by atoms with Gasteiger partial charge in [-0.3, -0.25) is 14.5 Å². The second-order valence-electron chi connectivity index (χ2n) is 9.96. The Hall–Kier alpha value is -2.29. The molecular weight excluding hydrogens is 503 g/mol. The molecule has 1 saturated heterocycles. The minimum Gasteiger partial charge on any atom is -0.376 e. The van der Waals surface area contributed by atoms with Crippen molar-refractivity contribution in [2.75, 3.05) is 39.3 Å². The predicted octanol–water partition coefficient (Wildman–Crippen LogP) is 4.23. The smallest absolute Gasteiger partial charge is 0.322 e. The molecule has 4 rings (SSSR count). The quantitative estimate of drug-likeness (QED) is 0.511. The largest absolute Gasteiger partial charge is 0.376 e. The highest BCUT2D eigenvalue weighted by atomic mass is 35.5. The number of nitrogens with one attached hydrogen (secondary N) is 1. The Morgan fingerprint density at radius 3 is 2.69 bits per heavy atom. The van der Waals surface area contributed by atoms with Gasteiger partial charge >= 0.3 is 6.03 Å². The van der Waals surface area contributed by atoms with E-state index in [9.17, 15) is 14.4 Å². The first-order chi connectivity index (χ1) is 17.2. The number of rotatable bonds is 9. The van der Waals surface area contributed by atoms with Crippen LogP contribution in [0.2, 0.25) is 10.0 Å². The summed E-state index contributed by atoms with van der Waals surface area (Å²) in [7, 11) is 0. The van der Waals surface area contributed by atoms with Gasteiger partial charge in [0.2, 0.25) is 5.91 Å². The molecule has 36 heavy (non-hydrogen) atoms. The zero-order chi connectivity index (χ0) is 26.0. The fourth-order valence-electron chi connectivity index (χ4n) is 5.17. The summed E-state index contributed by atoms with van der Waals surface area (Å²) in [4.78, 5) is 44.8. The molecule has 0 unspecified atom stereocenters. The molecule has 0 spiro atoms. The topological polar surface area (TPSA) is 82.2 Å². The maximum absolute atomic E-state index is 13.6. The van der Waals surface area contributed by atoms with Crippen LogP contribution < -0.4 is 5.32 Å². The molecule has 3 aliphatic heterocycles. The van der Waals surface area contributed by atoms with Crippen molar-refractivity contribution in [2.45, 2.75) is 52.2 Å². The molecule has 10 heteroatoms. The monoisotopic (exact) mass is 536 g/mol. The number of carbonyl (C=O) groups is 3. The van der Waals surface area contributed by atoms with Gasteiger partial charge in [0, 0.05) is 49.3 Å². The second kappa shape index (κ2) is 11.4. The average Bonchev–Trinajstić information content (AvgIpc) is 3.44. The van der Waals surface area contributed by atoms with Gasteiger partial charge < -0.3 is 19.9 Å². The van der Waals surface area contributed by atoms with Crippen LogP contribution in [-0.2, 0) is 14.3 Å². The van der Waals surface area contributed by atoms with Crippen LogP contribution in [0.4, 0.5) is 4.79 Å². The van der Waals surface area contributed by atoms with Crippen LogP contribution in [-0.4, -0.2) is 78.0 Å². The molecule has 0 radical (unpaired) electrons. The van der Waals surface area contributed by atoms with Crippen LogP contribution in [0.3, 0.4) is 0 Å². The van der Waals surface area contributed by atoms with Crippen molar-refractivity contribution in [1.29, 1.82) is 0 Å². The number of amides is 4. The Morgan fingerprint density at radius 2 is 2.06 bits per heavy atom. The van der Waals surface area contributed by atoms with Crippen LogP contribution in [0.25, 0.3) is 0 Å². The molecule has 196 valence electrons. The lowest BCUT2D eigenvalue weighted by atomic mass is 9.95. The van der Waals surface area contributed by atoms with Gasteiger partial charge in [0.15, 0.2) is 0 Å². The SMILES string of the molecule is CCN1C(=O)N[C@H](c2ccc(Cl)cc2Cl)C2=C1CN(CCC(=O)N(CC(C)C)C[C@H]1CCCO1)C2=O. The summed E-state index contributed by atoms with van der Waals surface area (Å²) in [5, 5.41) is 3.78. The third kappa shape index (κ3) is 5.66. The summed E-state index contributed by atoms with van der Waals surface area (Å²) in [5.74, 6) is 0.148. The Morgan fingerprint density at radius 1 is 1.28 bits per heavy atom. The van der Waals surface area contributed by atoms with Crippen LogP contribution in [0.5, 0.6) is 0 Å².